The number of hydrogen-bond acceptors (Lipinski definition) is 6. The molecule has 1 atom stereocenters. The number of amides is 2. The number of carbonyl (C=O) groups is 2. The summed E-state index contributed by atoms with van der Waals surface area (Å²) in [5.74, 6) is -0.592. The predicted molar refractivity (Wildman–Crippen MR) is 109 cm³/mol. The fourth-order valence-electron chi connectivity index (χ4n) is 3.48. The molecule has 146 valence electrons. The number of halogens is 2. The van der Waals surface area contributed by atoms with E-state index >= 15 is 0 Å². The van der Waals surface area contributed by atoms with Crippen molar-refractivity contribution in [1.29, 1.82) is 0 Å². The van der Waals surface area contributed by atoms with Gasteiger partial charge in [0.05, 0.1) is 22.2 Å². The number of fused-ring (bicyclic) bond motifs is 1. The van der Waals surface area contributed by atoms with E-state index in [1.54, 1.807) is 12.1 Å². The first-order valence-corrected chi connectivity index (χ1v) is 9.66. The van der Waals surface area contributed by atoms with Crippen molar-refractivity contribution in [2.45, 2.75) is 25.2 Å². The van der Waals surface area contributed by atoms with Gasteiger partial charge in [0.15, 0.2) is 0 Å². The molecule has 0 radical (unpaired) electrons. The second-order valence-corrected chi connectivity index (χ2v) is 7.63. The minimum Gasteiger partial charge on any atom is -0.383 e. The molecular formula is C18H18Cl2N6O2. The predicted octanol–water partition coefficient (Wildman–Crippen LogP) is 3.03. The number of anilines is 4. The van der Waals surface area contributed by atoms with Gasteiger partial charge in [-0.3, -0.25) is 9.59 Å². The minimum atomic E-state index is -0.817. The first kappa shape index (κ1) is 18.8. The van der Waals surface area contributed by atoms with Crippen LogP contribution in [0.2, 0.25) is 10.0 Å². The lowest BCUT2D eigenvalue weighted by atomic mass is 9.92. The smallest absolute Gasteiger partial charge is 0.232 e. The largest absolute Gasteiger partial charge is 0.383 e. The second kappa shape index (κ2) is 7.44. The summed E-state index contributed by atoms with van der Waals surface area (Å²) in [7, 11) is 0. The number of nitrogen functional groups attached to an aromatic ring is 1. The zero-order valence-electron chi connectivity index (χ0n) is 14.8. The molecule has 4 rings (SSSR count). The van der Waals surface area contributed by atoms with Crippen molar-refractivity contribution in [3.05, 3.63) is 33.8 Å². The average molecular weight is 421 g/mol. The van der Waals surface area contributed by atoms with Crippen LogP contribution in [-0.2, 0) is 9.59 Å². The van der Waals surface area contributed by atoms with Gasteiger partial charge in [0.2, 0.25) is 17.8 Å². The highest BCUT2D eigenvalue weighted by Gasteiger charge is 2.35. The lowest BCUT2D eigenvalue weighted by molar-refractivity contribution is -0.123. The number of nitrogens with zero attached hydrogens (tertiary/aromatic N) is 3. The normalized spacial score (nSPS) is 18.6. The van der Waals surface area contributed by atoms with E-state index in [1.807, 2.05) is 4.90 Å². The van der Waals surface area contributed by atoms with E-state index in [4.69, 9.17) is 28.9 Å². The minimum absolute atomic E-state index is 0.0549. The van der Waals surface area contributed by atoms with Crippen LogP contribution in [0.3, 0.4) is 0 Å². The van der Waals surface area contributed by atoms with Gasteiger partial charge < -0.3 is 21.3 Å². The molecule has 1 aromatic heterocycles. The summed E-state index contributed by atoms with van der Waals surface area (Å²) in [5, 5.41) is 6.20. The summed E-state index contributed by atoms with van der Waals surface area (Å²) in [6.07, 6.45) is 2.06. The molecule has 0 spiro atoms. The molecule has 0 saturated carbocycles. The number of hydrogen-bond donors (Lipinski definition) is 3. The highest BCUT2D eigenvalue weighted by atomic mass is 35.5. The van der Waals surface area contributed by atoms with Crippen LogP contribution in [0.4, 0.5) is 23.3 Å². The second-order valence-electron chi connectivity index (χ2n) is 6.78. The Labute approximate surface area is 171 Å². The maximum atomic E-state index is 12.9. The van der Waals surface area contributed by atoms with Crippen molar-refractivity contribution in [3.8, 4) is 0 Å². The van der Waals surface area contributed by atoms with Crippen LogP contribution in [0.15, 0.2) is 18.2 Å². The Hall–Kier alpha value is -2.58. The molecule has 3 heterocycles. The van der Waals surface area contributed by atoms with Crippen LogP contribution in [0.1, 0.15) is 30.7 Å². The van der Waals surface area contributed by atoms with Gasteiger partial charge in [0, 0.05) is 24.5 Å². The number of benzene rings is 1. The van der Waals surface area contributed by atoms with Gasteiger partial charge in [0.25, 0.3) is 0 Å². The van der Waals surface area contributed by atoms with Gasteiger partial charge in [-0.25, -0.2) is 0 Å². The van der Waals surface area contributed by atoms with Crippen LogP contribution in [0.25, 0.3) is 0 Å². The van der Waals surface area contributed by atoms with E-state index < -0.39 is 11.8 Å². The van der Waals surface area contributed by atoms with Gasteiger partial charge in [-0.2, -0.15) is 9.97 Å². The van der Waals surface area contributed by atoms with E-state index in [9.17, 15) is 9.59 Å². The van der Waals surface area contributed by atoms with E-state index in [-0.39, 0.29) is 24.0 Å². The summed E-state index contributed by atoms with van der Waals surface area (Å²) in [6.45, 7) is 1.68. The Morgan fingerprint density at radius 1 is 1.25 bits per heavy atom. The van der Waals surface area contributed by atoms with E-state index in [1.165, 1.54) is 6.07 Å². The van der Waals surface area contributed by atoms with Gasteiger partial charge >= 0.3 is 0 Å². The Kier molecular flexibility index (Phi) is 4.99. The van der Waals surface area contributed by atoms with E-state index in [0.29, 0.717) is 27.2 Å². The molecule has 8 nitrogen and oxygen atoms in total. The number of carbonyl (C=O) groups excluding carboxylic acids is 2. The van der Waals surface area contributed by atoms with Crippen molar-refractivity contribution >= 4 is 58.3 Å². The zero-order chi connectivity index (χ0) is 19.8. The molecule has 0 bridgehead atoms. The van der Waals surface area contributed by atoms with Crippen LogP contribution in [0.5, 0.6) is 0 Å². The van der Waals surface area contributed by atoms with Crippen LogP contribution in [-0.4, -0.2) is 34.9 Å². The Balaban J connectivity index is 1.65. The van der Waals surface area contributed by atoms with Gasteiger partial charge in [0.1, 0.15) is 11.6 Å². The number of rotatable bonds is 3. The van der Waals surface area contributed by atoms with E-state index in [0.717, 1.165) is 25.9 Å². The van der Waals surface area contributed by atoms with Crippen molar-refractivity contribution in [3.63, 3.8) is 0 Å². The molecule has 2 aromatic rings. The molecule has 1 aromatic carbocycles. The third-order valence-electron chi connectivity index (χ3n) is 4.85. The molecule has 28 heavy (non-hydrogen) atoms. The fraction of sp³-hybridized carbons (Fsp3) is 0.333. The molecule has 2 amide bonds. The molecule has 1 unspecified atom stereocenters. The first-order chi connectivity index (χ1) is 13.4. The fourth-order valence-corrected chi connectivity index (χ4v) is 3.93. The molecule has 4 N–H and O–H groups in total. The lowest BCUT2D eigenvalue weighted by Gasteiger charge is -2.27. The molecule has 0 aliphatic carbocycles. The van der Waals surface area contributed by atoms with Crippen molar-refractivity contribution in [2.75, 3.05) is 34.4 Å². The quantitative estimate of drug-likeness (QED) is 0.702. The number of aromatic nitrogens is 2. The zero-order valence-corrected chi connectivity index (χ0v) is 16.3. The van der Waals surface area contributed by atoms with Gasteiger partial charge in [-0.15, -0.1) is 0 Å². The monoisotopic (exact) mass is 420 g/mol. The van der Waals surface area contributed by atoms with Gasteiger partial charge in [-0.05, 0) is 31.0 Å². The molecule has 2 aliphatic rings. The van der Waals surface area contributed by atoms with Crippen LogP contribution in [0, 0.1) is 0 Å². The average Bonchev–Trinajstić information content (AvgIpc) is 3.17. The number of nitrogens with two attached hydrogens (primary N) is 1. The molecule has 10 heteroatoms. The van der Waals surface area contributed by atoms with Gasteiger partial charge in [-0.1, -0.05) is 23.2 Å². The van der Waals surface area contributed by atoms with Crippen molar-refractivity contribution < 1.29 is 9.59 Å². The lowest BCUT2D eigenvalue weighted by Crippen LogP contribution is -2.33. The summed E-state index contributed by atoms with van der Waals surface area (Å²) >= 11 is 12.0. The van der Waals surface area contributed by atoms with Crippen LogP contribution < -0.4 is 21.3 Å². The van der Waals surface area contributed by atoms with Crippen LogP contribution >= 0.6 is 23.2 Å². The molecular weight excluding hydrogens is 403 g/mol. The Bertz CT molecular complexity index is 961. The highest BCUT2D eigenvalue weighted by Crippen LogP contribution is 2.37. The number of nitrogens with one attached hydrogen (secondary N) is 2. The molecule has 2 aliphatic heterocycles. The highest BCUT2D eigenvalue weighted by molar-refractivity contribution is 6.36. The maximum Gasteiger partial charge on any atom is 0.232 e. The first-order valence-electron chi connectivity index (χ1n) is 8.90. The molecule has 1 fully saturated rings. The Morgan fingerprint density at radius 3 is 2.71 bits per heavy atom. The summed E-state index contributed by atoms with van der Waals surface area (Å²) in [4.78, 5) is 35.9. The van der Waals surface area contributed by atoms with E-state index in [2.05, 4.69) is 20.6 Å². The summed E-state index contributed by atoms with van der Waals surface area (Å²) in [5.41, 5.74) is 7.00. The molecule has 1 saturated heterocycles. The SMILES string of the molecule is Nc1nc(N2CCCC2)nc2c1C(C(=O)Nc1ccc(Cl)cc1Cl)CC(=O)N2. The topological polar surface area (TPSA) is 113 Å². The third kappa shape index (κ3) is 3.57. The standard InChI is InChI=1S/C18H18Cl2N6O2/c19-9-3-4-12(11(20)7-9)22-17(28)10-8-13(27)23-16-14(10)15(21)24-18(25-16)26-5-1-2-6-26/h3-4,7,10H,1-2,5-6,8H2,(H,22,28)(H3,21,23,24,25,27). The van der Waals surface area contributed by atoms with Crippen molar-refractivity contribution in [1.82, 2.24) is 9.97 Å². The van der Waals surface area contributed by atoms with Crippen molar-refractivity contribution in [2.24, 2.45) is 0 Å². The summed E-state index contributed by atoms with van der Waals surface area (Å²) < 4.78 is 0. The Morgan fingerprint density at radius 2 is 2.00 bits per heavy atom. The summed E-state index contributed by atoms with van der Waals surface area (Å²) in [6, 6.07) is 4.74. The maximum absolute atomic E-state index is 12.9. The third-order valence-corrected chi connectivity index (χ3v) is 5.40.